The highest BCUT2D eigenvalue weighted by molar-refractivity contribution is 6.32. The second-order valence-corrected chi connectivity index (χ2v) is 3.78. The highest BCUT2D eigenvalue weighted by Gasteiger charge is 2.13. The molecule has 0 saturated heterocycles. The zero-order valence-electron chi connectivity index (χ0n) is 9.58. The van der Waals surface area contributed by atoms with Gasteiger partial charge in [-0.25, -0.2) is 4.39 Å². The monoisotopic (exact) mass is 279 g/mol. The average molecular weight is 280 g/mol. The zero-order valence-corrected chi connectivity index (χ0v) is 11.2. The molecule has 0 bridgehead atoms. The Bertz CT molecular complexity index is 362. The standard InChI is InChI=1S/C12H15ClFNO.ClH/c1-3-5-11(15)8-6-9(13)12(16-4-2)10(14)7-8;/h3,6-7,11H,1,4-5,15H2,2H3;1H/t11-;/m1./s1. The summed E-state index contributed by atoms with van der Waals surface area (Å²) in [7, 11) is 0. The molecule has 0 aromatic heterocycles. The molecule has 0 radical (unpaired) electrons. The summed E-state index contributed by atoms with van der Waals surface area (Å²) >= 11 is 5.91. The molecular formula is C12H16Cl2FNO. The lowest BCUT2D eigenvalue weighted by atomic mass is 10.0. The van der Waals surface area contributed by atoms with Crippen LogP contribution in [0, 0.1) is 5.82 Å². The molecule has 1 atom stereocenters. The van der Waals surface area contributed by atoms with Gasteiger partial charge in [0, 0.05) is 6.04 Å². The molecule has 0 amide bonds. The number of benzene rings is 1. The van der Waals surface area contributed by atoms with Gasteiger partial charge in [0.25, 0.3) is 0 Å². The Balaban J connectivity index is 0.00000256. The third-order valence-electron chi connectivity index (χ3n) is 2.16. The first kappa shape index (κ1) is 16.2. The third-order valence-corrected chi connectivity index (χ3v) is 2.44. The number of rotatable bonds is 5. The molecule has 17 heavy (non-hydrogen) atoms. The van der Waals surface area contributed by atoms with Crippen molar-refractivity contribution in [2.75, 3.05) is 6.61 Å². The van der Waals surface area contributed by atoms with E-state index in [1.165, 1.54) is 6.07 Å². The Morgan fingerprint density at radius 1 is 1.59 bits per heavy atom. The van der Waals surface area contributed by atoms with Crippen molar-refractivity contribution in [3.63, 3.8) is 0 Å². The smallest absolute Gasteiger partial charge is 0.173 e. The number of halogens is 3. The van der Waals surface area contributed by atoms with Crippen molar-refractivity contribution >= 4 is 24.0 Å². The summed E-state index contributed by atoms with van der Waals surface area (Å²) in [6.07, 6.45) is 2.26. The molecule has 0 spiro atoms. The first-order valence-electron chi connectivity index (χ1n) is 5.08. The molecule has 1 aromatic carbocycles. The van der Waals surface area contributed by atoms with E-state index in [1.54, 1.807) is 19.1 Å². The second-order valence-electron chi connectivity index (χ2n) is 3.38. The Morgan fingerprint density at radius 2 is 2.24 bits per heavy atom. The van der Waals surface area contributed by atoms with Crippen LogP contribution < -0.4 is 10.5 Å². The van der Waals surface area contributed by atoms with Crippen molar-refractivity contribution in [1.82, 2.24) is 0 Å². The number of nitrogens with two attached hydrogens (primary N) is 1. The van der Waals surface area contributed by atoms with Crippen molar-refractivity contribution in [3.8, 4) is 5.75 Å². The molecule has 2 nitrogen and oxygen atoms in total. The normalized spacial score (nSPS) is 11.5. The maximum Gasteiger partial charge on any atom is 0.173 e. The van der Waals surface area contributed by atoms with Crippen LogP contribution in [-0.4, -0.2) is 6.61 Å². The van der Waals surface area contributed by atoms with Crippen molar-refractivity contribution < 1.29 is 9.13 Å². The first-order valence-corrected chi connectivity index (χ1v) is 5.46. The van der Waals surface area contributed by atoms with E-state index in [0.717, 1.165) is 0 Å². The molecule has 0 aliphatic heterocycles. The summed E-state index contributed by atoms with van der Waals surface area (Å²) in [5.74, 6) is -0.400. The minimum absolute atomic E-state index is 0. The molecule has 96 valence electrons. The van der Waals surface area contributed by atoms with Crippen LogP contribution in [0.25, 0.3) is 0 Å². The van der Waals surface area contributed by atoms with Gasteiger partial charge in [-0.15, -0.1) is 19.0 Å². The van der Waals surface area contributed by atoms with Crippen LogP contribution in [-0.2, 0) is 0 Å². The highest BCUT2D eigenvalue weighted by atomic mass is 35.5. The number of hydrogen-bond acceptors (Lipinski definition) is 2. The molecular weight excluding hydrogens is 264 g/mol. The van der Waals surface area contributed by atoms with E-state index in [2.05, 4.69) is 6.58 Å². The van der Waals surface area contributed by atoms with Crippen molar-refractivity contribution in [2.24, 2.45) is 5.73 Å². The van der Waals surface area contributed by atoms with Gasteiger partial charge < -0.3 is 10.5 Å². The minimum atomic E-state index is -0.483. The average Bonchev–Trinajstić information content (AvgIpc) is 2.23. The molecule has 0 unspecified atom stereocenters. The van der Waals surface area contributed by atoms with Crippen LogP contribution in [0.1, 0.15) is 24.9 Å². The summed E-state index contributed by atoms with van der Waals surface area (Å²) in [6, 6.07) is 2.69. The fourth-order valence-electron chi connectivity index (χ4n) is 1.39. The molecule has 1 rings (SSSR count). The lowest BCUT2D eigenvalue weighted by Crippen LogP contribution is -2.10. The van der Waals surface area contributed by atoms with Gasteiger partial charge in [-0.2, -0.15) is 0 Å². The van der Waals surface area contributed by atoms with Crippen molar-refractivity contribution in [3.05, 3.63) is 41.2 Å². The van der Waals surface area contributed by atoms with E-state index in [1.807, 2.05) is 0 Å². The SMILES string of the molecule is C=CC[C@@H](N)c1cc(F)c(OCC)c(Cl)c1.Cl. The Labute approximate surface area is 112 Å². The zero-order chi connectivity index (χ0) is 12.1. The topological polar surface area (TPSA) is 35.2 Å². The van der Waals surface area contributed by atoms with Crippen LogP contribution in [0.4, 0.5) is 4.39 Å². The van der Waals surface area contributed by atoms with Gasteiger partial charge in [0.1, 0.15) is 0 Å². The van der Waals surface area contributed by atoms with Gasteiger partial charge in [-0.05, 0) is 31.0 Å². The molecule has 0 fully saturated rings. The lowest BCUT2D eigenvalue weighted by molar-refractivity contribution is 0.321. The highest BCUT2D eigenvalue weighted by Crippen LogP contribution is 2.31. The Morgan fingerprint density at radius 3 is 2.71 bits per heavy atom. The van der Waals surface area contributed by atoms with Crippen LogP contribution in [0.3, 0.4) is 0 Å². The molecule has 0 heterocycles. The van der Waals surface area contributed by atoms with E-state index >= 15 is 0 Å². The van der Waals surface area contributed by atoms with Crippen molar-refractivity contribution in [2.45, 2.75) is 19.4 Å². The van der Waals surface area contributed by atoms with Crippen molar-refractivity contribution in [1.29, 1.82) is 0 Å². The lowest BCUT2D eigenvalue weighted by Gasteiger charge is -2.13. The van der Waals surface area contributed by atoms with Gasteiger partial charge >= 0.3 is 0 Å². The largest absolute Gasteiger partial charge is 0.489 e. The molecule has 5 heteroatoms. The van der Waals surface area contributed by atoms with E-state index < -0.39 is 5.82 Å². The van der Waals surface area contributed by atoms with Crippen LogP contribution in [0.5, 0.6) is 5.75 Å². The van der Waals surface area contributed by atoms with Crippen LogP contribution in [0.2, 0.25) is 5.02 Å². The Kier molecular flexibility index (Phi) is 7.19. The summed E-state index contributed by atoms with van der Waals surface area (Å²) in [5.41, 5.74) is 6.47. The van der Waals surface area contributed by atoms with Gasteiger partial charge in [-0.1, -0.05) is 17.7 Å². The first-order chi connectivity index (χ1) is 7.60. The van der Waals surface area contributed by atoms with Gasteiger partial charge in [0.05, 0.1) is 11.6 Å². The predicted octanol–water partition coefficient (Wildman–Crippen LogP) is 3.88. The maximum atomic E-state index is 13.6. The number of ether oxygens (including phenoxy) is 1. The summed E-state index contributed by atoms with van der Waals surface area (Å²) < 4.78 is 18.7. The second kappa shape index (κ2) is 7.54. The van der Waals surface area contributed by atoms with Gasteiger partial charge in [0.15, 0.2) is 11.6 Å². The molecule has 0 aliphatic rings. The van der Waals surface area contributed by atoms with E-state index in [0.29, 0.717) is 18.6 Å². The molecule has 0 aliphatic carbocycles. The van der Waals surface area contributed by atoms with E-state index in [9.17, 15) is 4.39 Å². The third kappa shape index (κ3) is 4.19. The quantitative estimate of drug-likeness (QED) is 0.831. The van der Waals surface area contributed by atoms with Gasteiger partial charge in [-0.3, -0.25) is 0 Å². The minimum Gasteiger partial charge on any atom is -0.489 e. The number of hydrogen-bond donors (Lipinski definition) is 1. The predicted molar refractivity (Wildman–Crippen MR) is 71.6 cm³/mol. The summed E-state index contributed by atoms with van der Waals surface area (Å²) in [5, 5.41) is 0.247. The molecule has 1 aromatic rings. The molecule has 2 N–H and O–H groups in total. The van der Waals surface area contributed by atoms with Gasteiger partial charge in [0.2, 0.25) is 0 Å². The van der Waals surface area contributed by atoms with E-state index in [-0.39, 0.29) is 29.2 Å². The summed E-state index contributed by atoms with van der Waals surface area (Å²) in [4.78, 5) is 0. The Hall–Kier alpha value is -0.770. The fraction of sp³-hybridized carbons (Fsp3) is 0.333. The maximum absolute atomic E-state index is 13.6. The van der Waals surface area contributed by atoms with Crippen LogP contribution in [0.15, 0.2) is 24.8 Å². The van der Waals surface area contributed by atoms with E-state index in [4.69, 9.17) is 22.1 Å². The fourth-order valence-corrected chi connectivity index (χ4v) is 1.66. The summed E-state index contributed by atoms with van der Waals surface area (Å²) in [6.45, 7) is 5.73. The van der Waals surface area contributed by atoms with Crippen LogP contribution >= 0.6 is 24.0 Å². The molecule has 0 saturated carbocycles.